The summed E-state index contributed by atoms with van der Waals surface area (Å²) >= 11 is 0. The Morgan fingerprint density at radius 2 is 1.85 bits per heavy atom. The van der Waals surface area contributed by atoms with Crippen molar-refractivity contribution >= 4 is 17.2 Å². The molecule has 2 unspecified atom stereocenters. The molecule has 0 amide bonds. The molecule has 6 heteroatoms. The summed E-state index contributed by atoms with van der Waals surface area (Å²) in [6, 6.07) is 1.78. The molecule has 4 aliphatic rings. The molecule has 0 aromatic carbocycles. The van der Waals surface area contributed by atoms with Gasteiger partial charge in [0.2, 0.25) is 0 Å². The summed E-state index contributed by atoms with van der Waals surface area (Å²) in [6.07, 6.45) is 15.4. The molecule has 0 bridgehead atoms. The molecule has 4 aliphatic carbocycles. The summed E-state index contributed by atoms with van der Waals surface area (Å²) in [4.78, 5) is 17.5. The number of carbonyl (C=O) groups excluding carboxylic acids is 1. The van der Waals surface area contributed by atoms with Gasteiger partial charge in [0.1, 0.15) is 0 Å². The fraction of sp³-hybridized carbons (Fsp3) is 0.778. The highest BCUT2D eigenvalue weighted by Crippen LogP contribution is 2.65. The first kappa shape index (κ1) is 23.1. The molecular formula is C27H43N5O. The highest BCUT2D eigenvalue weighted by Gasteiger charge is 2.60. The van der Waals surface area contributed by atoms with Crippen LogP contribution >= 0.6 is 0 Å². The fourth-order valence-electron chi connectivity index (χ4n) is 8.99. The lowest BCUT2D eigenvalue weighted by atomic mass is 9.47. The van der Waals surface area contributed by atoms with Crippen LogP contribution in [0.3, 0.4) is 0 Å². The SMILES string of the molecule is CC[C@H]1CC[C@@H]2C3CC[C@@]4(C)C(CC[C@@H]4C(=O)CN(N)c4ccncc4N)[C@@H]3CC[C@]2(N)C1. The lowest BCUT2D eigenvalue weighted by Gasteiger charge is -2.59. The molecule has 1 aromatic heterocycles. The van der Waals surface area contributed by atoms with Crippen molar-refractivity contribution in [2.45, 2.75) is 83.6 Å². The average Bonchev–Trinajstić information content (AvgIpc) is 3.15. The predicted octanol–water partition coefficient (Wildman–Crippen LogP) is 4.29. The maximum absolute atomic E-state index is 13.5. The Bertz CT molecular complexity index is 891. The highest BCUT2D eigenvalue weighted by molar-refractivity contribution is 5.87. The van der Waals surface area contributed by atoms with Crippen LogP contribution in [0.1, 0.15) is 78.1 Å². The normalized spacial score (nSPS) is 42.2. The summed E-state index contributed by atoms with van der Waals surface area (Å²) in [5.41, 5.74) is 14.5. The van der Waals surface area contributed by atoms with E-state index in [-0.39, 0.29) is 29.2 Å². The number of hydrazine groups is 1. The van der Waals surface area contributed by atoms with E-state index in [1.54, 1.807) is 18.5 Å². The summed E-state index contributed by atoms with van der Waals surface area (Å²) in [6.45, 7) is 4.94. The second-order valence-electron chi connectivity index (χ2n) is 12.1. The molecule has 0 radical (unpaired) electrons. The minimum Gasteiger partial charge on any atom is -0.396 e. The molecule has 8 atom stereocenters. The summed E-state index contributed by atoms with van der Waals surface area (Å²) in [5, 5.41) is 1.51. The number of hydrogen-bond donors (Lipinski definition) is 3. The van der Waals surface area contributed by atoms with E-state index in [9.17, 15) is 4.79 Å². The van der Waals surface area contributed by atoms with Gasteiger partial charge in [0.25, 0.3) is 0 Å². The second kappa shape index (κ2) is 8.53. The zero-order chi connectivity index (χ0) is 23.4. The first-order valence-corrected chi connectivity index (χ1v) is 13.3. The lowest BCUT2D eigenvalue weighted by molar-refractivity contribution is -0.129. The third kappa shape index (κ3) is 3.78. The van der Waals surface area contributed by atoms with Crippen LogP contribution in [0.4, 0.5) is 11.4 Å². The number of nitrogen functional groups attached to an aromatic ring is 1. The van der Waals surface area contributed by atoms with Gasteiger partial charge in [-0.05, 0) is 92.4 Å². The number of ketones is 1. The van der Waals surface area contributed by atoms with E-state index in [0.29, 0.717) is 23.2 Å². The Morgan fingerprint density at radius 3 is 2.61 bits per heavy atom. The highest BCUT2D eigenvalue weighted by atomic mass is 16.1. The zero-order valence-corrected chi connectivity index (χ0v) is 20.5. The van der Waals surface area contributed by atoms with Crippen molar-refractivity contribution in [2.75, 3.05) is 17.3 Å². The van der Waals surface area contributed by atoms with Crippen LogP contribution in [0.15, 0.2) is 18.5 Å². The largest absolute Gasteiger partial charge is 0.396 e. The van der Waals surface area contributed by atoms with Crippen molar-refractivity contribution < 1.29 is 4.79 Å². The average molecular weight is 454 g/mol. The first-order valence-electron chi connectivity index (χ1n) is 13.3. The van der Waals surface area contributed by atoms with Crippen molar-refractivity contribution in [3.63, 3.8) is 0 Å². The van der Waals surface area contributed by atoms with Gasteiger partial charge in [-0.2, -0.15) is 0 Å². The topological polar surface area (TPSA) is 111 Å². The van der Waals surface area contributed by atoms with E-state index in [1.165, 1.54) is 56.4 Å². The molecule has 4 saturated carbocycles. The Morgan fingerprint density at radius 1 is 1.12 bits per heavy atom. The van der Waals surface area contributed by atoms with Crippen molar-refractivity contribution in [3.8, 4) is 0 Å². The molecule has 1 aromatic rings. The Labute approximate surface area is 199 Å². The summed E-state index contributed by atoms with van der Waals surface area (Å²) < 4.78 is 0. The van der Waals surface area contributed by atoms with Crippen molar-refractivity contribution in [3.05, 3.63) is 18.5 Å². The molecule has 0 aliphatic heterocycles. The van der Waals surface area contributed by atoms with Crippen molar-refractivity contribution in [2.24, 2.45) is 52.5 Å². The van der Waals surface area contributed by atoms with Crippen LogP contribution in [0.25, 0.3) is 0 Å². The molecule has 33 heavy (non-hydrogen) atoms. The van der Waals surface area contributed by atoms with Crippen LogP contribution in [0.5, 0.6) is 0 Å². The number of nitrogens with two attached hydrogens (primary N) is 3. The fourth-order valence-corrected chi connectivity index (χ4v) is 8.99. The standard InChI is InChI=1S/C27H43N5O/c1-3-17-4-5-21-19-8-11-26(2)20(18(19)9-12-27(21,29)14-17)6-7-22(26)25(33)16-32(30)24-10-13-31-15-23(24)28/h10,13,15,17-22H,3-9,11-12,14,16,28-30H2,1-2H3/t17-,18+,19?,20?,21+,22+,26-,27-/m0/s1. The number of aromatic nitrogens is 1. The van der Waals surface area contributed by atoms with Gasteiger partial charge in [-0.15, -0.1) is 0 Å². The predicted molar refractivity (Wildman–Crippen MR) is 133 cm³/mol. The quantitative estimate of drug-likeness (QED) is 0.453. The lowest BCUT2D eigenvalue weighted by Crippen LogP contribution is -2.60. The number of hydrogen-bond acceptors (Lipinski definition) is 6. The molecule has 0 saturated heterocycles. The third-order valence-electron chi connectivity index (χ3n) is 10.7. The number of Topliss-reactive ketones (excluding diaryl/α,β-unsaturated/α-hetero) is 1. The van der Waals surface area contributed by atoms with Gasteiger partial charge in [0.05, 0.1) is 24.1 Å². The Kier molecular flexibility index (Phi) is 5.97. The van der Waals surface area contributed by atoms with Gasteiger partial charge in [-0.3, -0.25) is 9.78 Å². The van der Waals surface area contributed by atoms with Crippen LogP contribution < -0.4 is 22.3 Å². The van der Waals surface area contributed by atoms with E-state index in [1.807, 2.05) is 0 Å². The van der Waals surface area contributed by atoms with Crippen molar-refractivity contribution in [1.29, 1.82) is 0 Å². The van der Waals surface area contributed by atoms with Gasteiger partial charge in [0.15, 0.2) is 5.78 Å². The van der Waals surface area contributed by atoms with Crippen molar-refractivity contribution in [1.82, 2.24) is 4.98 Å². The van der Waals surface area contributed by atoms with Crippen LogP contribution in [0, 0.1) is 40.9 Å². The Hall–Kier alpha value is -1.66. The first-order chi connectivity index (χ1) is 15.8. The molecule has 6 nitrogen and oxygen atoms in total. The van der Waals surface area contributed by atoms with E-state index in [4.69, 9.17) is 17.3 Å². The van der Waals surface area contributed by atoms with E-state index < -0.39 is 0 Å². The molecule has 182 valence electrons. The molecule has 0 spiro atoms. The number of rotatable bonds is 5. The minimum absolute atomic E-state index is 0.0617. The van der Waals surface area contributed by atoms with Gasteiger partial charge in [0, 0.05) is 17.7 Å². The number of pyridine rings is 1. The summed E-state index contributed by atoms with van der Waals surface area (Å²) in [7, 11) is 0. The maximum Gasteiger partial charge on any atom is 0.157 e. The number of fused-ring (bicyclic) bond motifs is 5. The second-order valence-corrected chi connectivity index (χ2v) is 12.1. The van der Waals surface area contributed by atoms with Crippen LogP contribution in [-0.4, -0.2) is 22.9 Å². The molecule has 5 rings (SSSR count). The number of carbonyl (C=O) groups is 1. The van der Waals surface area contributed by atoms with E-state index >= 15 is 0 Å². The van der Waals surface area contributed by atoms with E-state index in [0.717, 1.165) is 30.6 Å². The monoisotopic (exact) mass is 453 g/mol. The third-order valence-corrected chi connectivity index (χ3v) is 10.7. The Balaban J connectivity index is 1.30. The van der Waals surface area contributed by atoms with E-state index in [2.05, 4.69) is 18.8 Å². The number of anilines is 2. The van der Waals surface area contributed by atoms with Crippen LogP contribution in [-0.2, 0) is 4.79 Å². The van der Waals surface area contributed by atoms with Gasteiger partial charge in [-0.1, -0.05) is 26.7 Å². The smallest absolute Gasteiger partial charge is 0.157 e. The van der Waals surface area contributed by atoms with Gasteiger partial charge < -0.3 is 16.5 Å². The molecular weight excluding hydrogens is 410 g/mol. The molecule has 4 fully saturated rings. The zero-order valence-electron chi connectivity index (χ0n) is 20.5. The van der Waals surface area contributed by atoms with Gasteiger partial charge >= 0.3 is 0 Å². The molecule has 6 N–H and O–H groups in total. The van der Waals surface area contributed by atoms with Crippen LogP contribution in [0.2, 0.25) is 0 Å². The van der Waals surface area contributed by atoms with Gasteiger partial charge in [-0.25, -0.2) is 5.84 Å². The minimum atomic E-state index is 0.0617. The maximum atomic E-state index is 13.5. The summed E-state index contributed by atoms with van der Waals surface area (Å²) in [5.74, 6) is 10.3. The molecule has 1 heterocycles. The number of nitrogens with zero attached hydrogens (tertiary/aromatic N) is 2.